The Morgan fingerprint density at radius 3 is 1.93 bits per heavy atom. The fourth-order valence-corrected chi connectivity index (χ4v) is 4.68. The molecule has 2 aromatic rings. The quantitative estimate of drug-likeness (QED) is 0.608. The van der Waals surface area contributed by atoms with Gasteiger partial charge in [0.1, 0.15) is 5.75 Å². The fraction of sp³-hybridized carbons (Fsp3) is 0.435. The summed E-state index contributed by atoms with van der Waals surface area (Å²) in [5.41, 5.74) is 0.328. The van der Waals surface area contributed by atoms with Crippen LogP contribution in [0.15, 0.2) is 53.4 Å². The minimum atomic E-state index is -3.91. The van der Waals surface area contributed by atoms with E-state index < -0.39 is 21.4 Å². The first-order chi connectivity index (χ1) is 14.1. The molecule has 0 saturated heterocycles. The molecule has 1 unspecified atom stereocenters. The van der Waals surface area contributed by atoms with Crippen LogP contribution in [0.3, 0.4) is 0 Å². The Morgan fingerprint density at radius 1 is 0.933 bits per heavy atom. The molecule has 164 valence electrons. The van der Waals surface area contributed by atoms with Gasteiger partial charge in [-0.05, 0) is 64.4 Å². The van der Waals surface area contributed by atoms with Crippen LogP contribution in [-0.4, -0.2) is 44.0 Å². The summed E-state index contributed by atoms with van der Waals surface area (Å²) in [6.45, 7) is 9.36. The van der Waals surface area contributed by atoms with Gasteiger partial charge in [-0.1, -0.05) is 29.8 Å². The van der Waals surface area contributed by atoms with Gasteiger partial charge >= 0.3 is 6.09 Å². The lowest BCUT2D eigenvalue weighted by Gasteiger charge is -2.31. The number of hydrogen-bond donors (Lipinski definition) is 0. The van der Waals surface area contributed by atoms with Crippen molar-refractivity contribution in [2.24, 2.45) is 0 Å². The van der Waals surface area contributed by atoms with Gasteiger partial charge in [0, 0.05) is 18.5 Å². The highest BCUT2D eigenvalue weighted by Gasteiger charge is 2.34. The summed E-state index contributed by atoms with van der Waals surface area (Å²) in [5, 5.41) is 0. The molecule has 0 bridgehead atoms. The van der Waals surface area contributed by atoms with Crippen molar-refractivity contribution >= 4 is 15.9 Å². The number of sulfone groups is 1. The van der Waals surface area contributed by atoms with Gasteiger partial charge in [0.05, 0.1) is 12.0 Å². The number of ether oxygens (including phenoxy) is 2. The second-order valence-electron chi connectivity index (χ2n) is 7.82. The summed E-state index contributed by atoms with van der Waals surface area (Å²) in [4.78, 5) is 14.5. The molecule has 2 aromatic carbocycles. The van der Waals surface area contributed by atoms with Crippen LogP contribution in [-0.2, 0) is 21.0 Å². The monoisotopic (exact) mass is 433 g/mol. The SMILES string of the molecule is COc1ccc(CC(OC(=O)N(C(C)C)C(C)C)S(=O)(=O)c2ccc(C)cc2)cc1. The Bertz CT molecular complexity index is 927. The lowest BCUT2D eigenvalue weighted by atomic mass is 10.1. The predicted molar refractivity (Wildman–Crippen MR) is 117 cm³/mol. The van der Waals surface area contributed by atoms with Crippen molar-refractivity contribution in [2.75, 3.05) is 7.11 Å². The summed E-state index contributed by atoms with van der Waals surface area (Å²) >= 11 is 0. The Morgan fingerprint density at radius 2 is 1.47 bits per heavy atom. The van der Waals surface area contributed by atoms with E-state index in [1.165, 1.54) is 4.90 Å². The summed E-state index contributed by atoms with van der Waals surface area (Å²) in [5.74, 6) is 0.666. The van der Waals surface area contributed by atoms with E-state index in [1.54, 1.807) is 55.6 Å². The zero-order valence-electron chi connectivity index (χ0n) is 18.5. The van der Waals surface area contributed by atoms with Crippen LogP contribution in [0.2, 0.25) is 0 Å². The lowest BCUT2D eigenvalue weighted by Crippen LogP contribution is -2.45. The van der Waals surface area contributed by atoms with Crippen molar-refractivity contribution in [3.05, 3.63) is 59.7 Å². The highest BCUT2D eigenvalue weighted by atomic mass is 32.2. The average Bonchev–Trinajstić information content (AvgIpc) is 2.67. The zero-order chi connectivity index (χ0) is 22.5. The molecule has 7 heteroatoms. The second kappa shape index (κ2) is 9.98. The van der Waals surface area contributed by atoms with E-state index in [0.29, 0.717) is 5.75 Å². The molecule has 1 amide bonds. The van der Waals surface area contributed by atoms with Crippen LogP contribution in [0.4, 0.5) is 4.79 Å². The van der Waals surface area contributed by atoms with E-state index in [2.05, 4.69) is 0 Å². The molecule has 1 atom stereocenters. The maximum absolute atomic E-state index is 13.3. The molecule has 0 heterocycles. The molecular formula is C23H31NO5S. The Balaban J connectivity index is 2.40. The number of carbonyl (C=O) groups excluding carboxylic acids is 1. The molecule has 0 fully saturated rings. The van der Waals surface area contributed by atoms with Crippen molar-refractivity contribution in [2.45, 2.75) is 63.5 Å². The normalized spacial score (nSPS) is 12.7. The van der Waals surface area contributed by atoms with Crippen molar-refractivity contribution in [1.29, 1.82) is 0 Å². The van der Waals surface area contributed by atoms with Gasteiger partial charge in [0.15, 0.2) is 0 Å². The third-order valence-corrected chi connectivity index (χ3v) is 6.70. The Labute approximate surface area is 179 Å². The molecule has 0 aliphatic carbocycles. The zero-order valence-corrected chi connectivity index (χ0v) is 19.3. The number of benzene rings is 2. The van der Waals surface area contributed by atoms with Gasteiger partial charge in [-0.15, -0.1) is 0 Å². The van der Waals surface area contributed by atoms with Crippen LogP contribution in [0.25, 0.3) is 0 Å². The molecule has 30 heavy (non-hydrogen) atoms. The number of nitrogens with zero attached hydrogens (tertiary/aromatic N) is 1. The van der Waals surface area contributed by atoms with E-state index in [4.69, 9.17) is 9.47 Å². The topological polar surface area (TPSA) is 72.9 Å². The molecule has 6 nitrogen and oxygen atoms in total. The molecule has 0 saturated carbocycles. The number of methoxy groups -OCH3 is 1. The third-order valence-electron chi connectivity index (χ3n) is 4.81. The minimum Gasteiger partial charge on any atom is -0.497 e. The first kappa shape index (κ1) is 23.7. The standard InChI is InChI=1S/C23H31NO5S/c1-16(2)24(17(3)4)23(25)29-22(15-19-9-11-20(28-6)12-10-19)30(26,27)21-13-7-18(5)8-14-21/h7-14,16-17,22H,15H2,1-6H3. The maximum atomic E-state index is 13.3. The molecular weight excluding hydrogens is 402 g/mol. The Hall–Kier alpha value is -2.54. The molecule has 0 radical (unpaired) electrons. The molecule has 0 aromatic heterocycles. The number of amides is 1. The van der Waals surface area contributed by atoms with Gasteiger partial charge < -0.3 is 14.4 Å². The number of rotatable bonds is 8. The van der Waals surface area contributed by atoms with E-state index in [9.17, 15) is 13.2 Å². The summed E-state index contributed by atoms with van der Waals surface area (Å²) in [7, 11) is -2.35. The van der Waals surface area contributed by atoms with Gasteiger partial charge in [-0.2, -0.15) is 0 Å². The molecule has 0 spiro atoms. The van der Waals surface area contributed by atoms with E-state index in [1.807, 2.05) is 34.6 Å². The average molecular weight is 434 g/mol. The predicted octanol–water partition coefficient (Wildman–Crippen LogP) is 4.60. The fourth-order valence-electron chi connectivity index (χ4n) is 3.24. The number of carbonyl (C=O) groups is 1. The van der Waals surface area contributed by atoms with Gasteiger partial charge in [0.25, 0.3) is 0 Å². The van der Waals surface area contributed by atoms with Crippen LogP contribution in [0, 0.1) is 6.92 Å². The van der Waals surface area contributed by atoms with Crippen LogP contribution in [0.5, 0.6) is 5.75 Å². The van der Waals surface area contributed by atoms with Crippen molar-refractivity contribution in [3.8, 4) is 5.75 Å². The van der Waals surface area contributed by atoms with Crippen LogP contribution < -0.4 is 4.74 Å². The van der Waals surface area contributed by atoms with E-state index >= 15 is 0 Å². The van der Waals surface area contributed by atoms with Gasteiger partial charge in [-0.3, -0.25) is 0 Å². The van der Waals surface area contributed by atoms with Gasteiger partial charge in [-0.25, -0.2) is 13.2 Å². The first-order valence-corrected chi connectivity index (χ1v) is 11.5. The first-order valence-electron chi connectivity index (χ1n) is 9.98. The second-order valence-corrected chi connectivity index (χ2v) is 9.91. The maximum Gasteiger partial charge on any atom is 0.411 e. The number of aryl methyl sites for hydroxylation is 1. The molecule has 0 N–H and O–H groups in total. The van der Waals surface area contributed by atoms with E-state index in [-0.39, 0.29) is 23.4 Å². The highest BCUT2D eigenvalue weighted by molar-refractivity contribution is 7.92. The van der Waals surface area contributed by atoms with Crippen molar-refractivity contribution < 1.29 is 22.7 Å². The van der Waals surface area contributed by atoms with E-state index in [0.717, 1.165) is 11.1 Å². The van der Waals surface area contributed by atoms with Crippen LogP contribution >= 0.6 is 0 Å². The summed E-state index contributed by atoms with van der Waals surface area (Å²) < 4.78 is 37.5. The number of hydrogen-bond acceptors (Lipinski definition) is 5. The van der Waals surface area contributed by atoms with Crippen molar-refractivity contribution in [1.82, 2.24) is 4.90 Å². The van der Waals surface area contributed by atoms with Gasteiger partial charge in [0.2, 0.25) is 15.3 Å². The summed E-state index contributed by atoms with van der Waals surface area (Å²) in [6.07, 6.45) is -0.607. The largest absolute Gasteiger partial charge is 0.497 e. The van der Waals surface area contributed by atoms with Crippen LogP contribution in [0.1, 0.15) is 38.8 Å². The smallest absolute Gasteiger partial charge is 0.411 e. The van der Waals surface area contributed by atoms with Crippen molar-refractivity contribution in [3.63, 3.8) is 0 Å². The third kappa shape index (κ3) is 5.75. The Kier molecular flexibility index (Phi) is 7.89. The summed E-state index contributed by atoms with van der Waals surface area (Å²) in [6, 6.07) is 13.3. The lowest BCUT2D eigenvalue weighted by molar-refractivity contribution is 0.0685. The molecule has 0 aliphatic heterocycles. The molecule has 2 rings (SSSR count). The minimum absolute atomic E-state index is 0.0377. The highest BCUT2D eigenvalue weighted by Crippen LogP contribution is 2.24. The molecule has 0 aliphatic rings.